The first-order chi connectivity index (χ1) is 11.6. The number of pyridine rings is 1. The number of nitro groups is 1. The number of hydrogen-bond donors (Lipinski definition) is 1. The summed E-state index contributed by atoms with van der Waals surface area (Å²) in [5.74, 6) is -0.887. The average molecular weight is 349 g/mol. The molecule has 0 aliphatic carbocycles. The third kappa shape index (κ3) is 5.41. The molecule has 2 aromatic rings. The average Bonchev–Trinajstić information content (AvgIpc) is 2.48. The molecule has 9 heteroatoms. The minimum absolute atomic E-state index is 0.00245. The maximum absolute atomic E-state index is 14.1. The van der Waals surface area contributed by atoms with Gasteiger partial charge in [-0.05, 0) is 32.9 Å². The Morgan fingerprint density at radius 3 is 2.52 bits per heavy atom. The normalized spacial score (nSPS) is 10.9. The van der Waals surface area contributed by atoms with Crippen molar-refractivity contribution in [1.82, 2.24) is 4.98 Å². The summed E-state index contributed by atoms with van der Waals surface area (Å²) in [7, 11) is 0. The Hall–Kier alpha value is -3.23. The van der Waals surface area contributed by atoms with Crippen molar-refractivity contribution in [2.45, 2.75) is 26.4 Å². The molecule has 0 radical (unpaired) electrons. The Morgan fingerprint density at radius 1 is 1.28 bits per heavy atom. The number of benzene rings is 1. The van der Waals surface area contributed by atoms with Gasteiger partial charge in [0.2, 0.25) is 5.88 Å². The molecule has 0 unspecified atom stereocenters. The van der Waals surface area contributed by atoms with Crippen LogP contribution in [0.3, 0.4) is 0 Å². The molecule has 0 bridgehead atoms. The minimum Gasteiger partial charge on any atom is -0.444 e. The van der Waals surface area contributed by atoms with Crippen molar-refractivity contribution in [3.8, 4) is 11.6 Å². The SMILES string of the molecule is CC(C)(C)OC(=O)Nc1ccc(Oc2ccc([N+](=O)[O-])cn2)c(F)c1. The second kappa shape index (κ2) is 7.12. The summed E-state index contributed by atoms with van der Waals surface area (Å²) in [6, 6.07) is 6.23. The zero-order chi connectivity index (χ0) is 18.6. The van der Waals surface area contributed by atoms with Gasteiger partial charge >= 0.3 is 6.09 Å². The number of nitrogens with one attached hydrogen (secondary N) is 1. The second-order valence-corrected chi connectivity index (χ2v) is 5.99. The van der Waals surface area contributed by atoms with Crippen molar-refractivity contribution in [2.24, 2.45) is 0 Å². The molecule has 0 saturated heterocycles. The van der Waals surface area contributed by atoms with Crippen LogP contribution in [0, 0.1) is 15.9 Å². The molecule has 0 atom stereocenters. The number of nitrogens with zero attached hydrogens (tertiary/aromatic N) is 2. The van der Waals surface area contributed by atoms with Crippen LogP contribution in [0.2, 0.25) is 0 Å². The third-order valence-electron chi connectivity index (χ3n) is 2.72. The van der Waals surface area contributed by atoms with Gasteiger partial charge in [0.05, 0.1) is 4.92 Å². The molecule has 25 heavy (non-hydrogen) atoms. The molecule has 1 aromatic carbocycles. The first-order valence-corrected chi connectivity index (χ1v) is 7.22. The van der Waals surface area contributed by atoms with Gasteiger partial charge in [-0.25, -0.2) is 14.2 Å². The molecule has 8 nitrogen and oxygen atoms in total. The number of rotatable bonds is 4. The van der Waals surface area contributed by atoms with Crippen LogP contribution in [0.15, 0.2) is 36.5 Å². The van der Waals surface area contributed by atoms with E-state index in [-0.39, 0.29) is 23.0 Å². The lowest BCUT2D eigenvalue weighted by Crippen LogP contribution is -2.27. The van der Waals surface area contributed by atoms with E-state index in [9.17, 15) is 19.3 Å². The maximum atomic E-state index is 14.1. The first-order valence-electron chi connectivity index (χ1n) is 7.22. The van der Waals surface area contributed by atoms with E-state index in [1.165, 1.54) is 24.3 Å². The van der Waals surface area contributed by atoms with Gasteiger partial charge in [-0.1, -0.05) is 0 Å². The van der Waals surface area contributed by atoms with Crippen LogP contribution in [0.4, 0.5) is 20.6 Å². The predicted octanol–water partition coefficient (Wildman–Crippen LogP) is 4.27. The van der Waals surface area contributed by atoms with Crippen LogP contribution in [0.1, 0.15) is 20.8 Å². The summed E-state index contributed by atoms with van der Waals surface area (Å²) in [4.78, 5) is 25.3. The summed E-state index contributed by atoms with van der Waals surface area (Å²) in [5.41, 5.74) is -0.687. The largest absolute Gasteiger partial charge is 0.444 e. The summed E-state index contributed by atoms with van der Waals surface area (Å²) in [6.45, 7) is 5.13. The van der Waals surface area contributed by atoms with Crippen molar-refractivity contribution in [3.05, 3.63) is 52.5 Å². The van der Waals surface area contributed by atoms with Crippen molar-refractivity contribution in [2.75, 3.05) is 5.32 Å². The number of carbonyl (C=O) groups excluding carboxylic acids is 1. The fraction of sp³-hybridized carbons (Fsp3) is 0.250. The van der Waals surface area contributed by atoms with Crippen LogP contribution in [0.5, 0.6) is 11.6 Å². The number of anilines is 1. The van der Waals surface area contributed by atoms with Crippen LogP contribution in [0.25, 0.3) is 0 Å². The molecule has 0 aliphatic heterocycles. The zero-order valence-electron chi connectivity index (χ0n) is 13.8. The molecule has 2 rings (SSSR count). The fourth-order valence-corrected chi connectivity index (χ4v) is 1.74. The lowest BCUT2D eigenvalue weighted by atomic mass is 10.2. The lowest BCUT2D eigenvalue weighted by molar-refractivity contribution is -0.385. The highest BCUT2D eigenvalue weighted by Gasteiger charge is 2.17. The number of hydrogen-bond acceptors (Lipinski definition) is 6. The molecule has 1 aromatic heterocycles. The quantitative estimate of drug-likeness (QED) is 0.653. The molecular weight excluding hydrogens is 333 g/mol. The molecule has 0 fully saturated rings. The van der Waals surface area contributed by atoms with Crippen LogP contribution >= 0.6 is 0 Å². The van der Waals surface area contributed by atoms with E-state index >= 15 is 0 Å². The van der Waals surface area contributed by atoms with Gasteiger partial charge in [-0.3, -0.25) is 15.4 Å². The molecular formula is C16H16FN3O5. The van der Waals surface area contributed by atoms with Crippen LogP contribution in [-0.4, -0.2) is 21.6 Å². The number of aromatic nitrogens is 1. The van der Waals surface area contributed by atoms with E-state index in [0.29, 0.717) is 0 Å². The summed E-state index contributed by atoms with van der Waals surface area (Å²) >= 11 is 0. The maximum Gasteiger partial charge on any atom is 0.412 e. The number of carbonyl (C=O) groups is 1. The molecule has 0 saturated carbocycles. The van der Waals surface area contributed by atoms with E-state index in [4.69, 9.17) is 9.47 Å². The van der Waals surface area contributed by atoms with Gasteiger partial charge in [0, 0.05) is 23.9 Å². The number of ether oxygens (including phenoxy) is 2. The highest BCUT2D eigenvalue weighted by Crippen LogP contribution is 2.26. The topological polar surface area (TPSA) is 104 Å². The van der Waals surface area contributed by atoms with E-state index in [2.05, 4.69) is 10.3 Å². The number of amides is 1. The first kappa shape index (κ1) is 18.1. The minimum atomic E-state index is -0.742. The highest BCUT2D eigenvalue weighted by molar-refractivity contribution is 5.84. The van der Waals surface area contributed by atoms with Gasteiger partial charge < -0.3 is 9.47 Å². The molecule has 132 valence electrons. The molecule has 0 aliphatic rings. The Morgan fingerprint density at radius 2 is 2.00 bits per heavy atom. The smallest absolute Gasteiger partial charge is 0.412 e. The van der Waals surface area contributed by atoms with E-state index in [0.717, 1.165) is 12.3 Å². The summed E-state index contributed by atoms with van der Waals surface area (Å²) < 4.78 is 24.4. The molecule has 0 spiro atoms. The molecule has 1 heterocycles. The zero-order valence-corrected chi connectivity index (χ0v) is 13.8. The standard InChI is InChI=1S/C16H16FN3O5/c1-16(2,3)25-15(21)19-10-4-6-13(12(17)8-10)24-14-7-5-11(9-18-14)20(22)23/h4-9H,1-3H3,(H,19,21). The van der Waals surface area contributed by atoms with Crippen molar-refractivity contribution < 1.29 is 23.6 Å². The highest BCUT2D eigenvalue weighted by atomic mass is 19.1. The van der Waals surface area contributed by atoms with Crippen molar-refractivity contribution in [3.63, 3.8) is 0 Å². The third-order valence-corrected chi connectivity index (χ3v) is 2.72. The van der Waals surface area contributed by atoms with E-state index < -0.39 is 22.4 Å². The van der Waals surface area contributed by atoms with Crippen LogP contribution < -0.4 is 10.1 Å². The van der Waals surface area contributed by atoms with E-state index in [1.54, 1.807) is 20.8 Å². The predicted molar refractivity (Wildman–Crippen MR) is 87.2 cm³/mol. The lowest BCUT2D eigenvalue weighted by Gasteiger charge is -2.19. The van der Waals surface area contributed by atoms with Crippen molar-refractivity contribution >= 4 is 17.5 Å². The molecule has 1 amide bonds. The Bertz CT molecular complexity index is 787. The Kier molecular flexibility index (Phi) is 5.16. The van der Waals surface area contributed by atoms with Gasteiger partial charge in [-0.2, -0.15) is 0 Å². The van der Waals surface area contributed by atoms with Gasteiger partial charge in [0.25, 0.3) is 5.69 Å². The van der Waals surface area contributed by atoms with Crippen molar-refractivity contribution in [1.29, 1.82) is 0 Å². The van der Waals surface area contributed by atoms with Gasteiger partial charge in [-0.15, -0.1) is 0 Å². The monoisotopic (exact) mass is 349 g/mol. The van der Waals surface area contributed by atoms with Crippen LogP contribution in [-0.2, 0) is 4.74 Å². The molecule has 1 N–H and O–H groups in total. The second-order valence-electron chi connectivity index (χ2n) is 5.99. The Balaban J connectivity index is 2.06. The summed E-state index contributed by atoms with van der Waals surface area (Å²) in [6.07, 6.45) is 0.295. The summed E-state index contributed by atoms with van der Waals surface area (Å²) in [5, 5.41) is 13.0. The van der Waals surface area contributed by atoms with Gasteiger partial charge in [0.15, 0.2) is 11.6 Å². The fourth-order valence-electron chi connectivity index (χ4n) is 1.74. The van der Waals surface area contributed by atoms with E-state index in [1.807, 2.05) is 0 Å². The number of halogens is 1. The Labute approximate surface area is 142 Å². The van der Waals surface area contributed by atoms with Gasteiger partial charge in [0.1, 0.15) is 11.8 Å².